The van der Waals surface area contributed by atoms with Crippen LogP contribution in [0, 0.1) is 5.92 Å². The van der Waals surface area contributed by atoms with E-state index in [1.165, 1.54) is 12.7 Å². The molecule has 6 heteroatoms. The maximum absolute atomic E-state index is 11.8. The minimum Gasteiger partial charge on any atom is -0.497 e. The molecule has 2 aromatic rings. The number of aromatic nitrogens is 1. The number of hydrogen-bond acceptors (Lipinski definition) is 5. The maximum Gasteiger partial charge on any atom is 0.312 e. The van der Waals surface area contributed by atoms with Crippen LogP contribution in [0.15, 0.2) is 24.4 Å². The van der Waals surface area contributed by atoms with Gasteiger partial charge in [0.2, 0.25) is 0 Å². The van der Waals surface area contributed by atoms with Crippen LogP contribution in [0.4, 0.5) is 0 Å². The van der Waals surface area contributed by atoms with E-state index in [9.17, 15) is 9.90 Å². The number of aliphatic hydroxyl groups excluding tert-OH is 1. The monoisotopic (exact) mass is 332 g/mol. The van der Waals surface area contributed by atoms with E-state index in [0.717, 1.165) is 36.2 Å². The second-order valence-electron chi connectivity index (χ2n) is 6.26. The van der Waals surface area contributed by atoms with Gasteiger partial charge in [0.25, 0.3) is 0 Å². The van der Waals surface area contributed by atoms with Gasteiger partial charge in [-0.1, -0.05) is 0 Å². The van der Waals surface area contributed by atoms with Crippen molar-refractivity contribution in [3.8, 4) is 5.75 Å². The molecule has 130 valence electrons. The zero-order valence-corrected chi connectivity index (χ0v) is 14.1. The first kappa shape index (κ1) is 16.8. The molecule has 1 aromatic heterocycles. The van der Waals surface area contributed by atoms with E-state index in [-0.39, 0.29) is 5.97 Å². The topological polar surface area (TPSA) is 74.8 Å². The molecule has 3 rings (SSSR count). The smallest absolute Gasteiger partial charge is 0.312 e. The molecular weight excluding hydrogens is 308 g/mol. The van der Waals surface area contributed by atoms with Crippen molar-refractivity contribution in [2.24, 2.45) is 5.92 Å². The Morgan fingerprint density at radius 2 is 2.25 bits per heavy atom. The summed E-state index contributed by atoms with van der Waals surface area (Å²) in [6.07, 6.45) is 2.89. The predicted octanol–water partition coefficient (Wildman–Crippen LogP) is 1.57. The molecule has 2 N–H and O–H groups in total. The predicted molar refractivity (Wildman–Crippen MR) is 91.1 cm³/mol. The van der Waals surface area contributed by atoms with Gasteiger partial charge in [0.1, 0.15) is 5.75 Å². The van der Waals surface area contributed by atoms with E-state index >= 15 is 0 Å². The summed E-state index contributed by atoms with van der Waals surface area (Å²) in [6.45, 7) is 2.17. The van der Waals surface area contributed by atoms with Gasteiger partial charge in [-0.3, -0.25) is 4.79 Å². The molecule has 1 aliphatic heterocycles. The second kappa shape index (κ2) is 7.23. The van der Waals surface area contributed by atoms with Crippen LogP contribution in [0.25, 0.3) is 10.9 Å². The number of aromatic amines is 1. The number of likely N-dealkylation sites (tertiary alicyclic amines) is 1. The van der Waals surface area contributed by atoms with Gasteiger partial charge < -0.3 is 24.5 Å². The summed E-state index contributed by atoms with van der Waals surface area (Å²) in [7, 11) is 3.03. The molecule has 0 spiro atoms. The first-order valence-corrected chi connectivity index (χ1v) is 8.24. The Balaban J connectivity index is 1.66. The first-order chi connectivity index (χ1) is 11.6. The number of hydrogen-bond donors (Lipinski definition) is 2. The number of benzene rings is 1. The molecule has 2 heterocycles. The van der Waals surface area contributed by atoms with Gasteiger partial charge in [-0.15, -0.1) is 0 Å². The second-order valence-corrected chi connectivity index (χ2v) is 6.26. The van der Waals surface area contributed by atoms with E-state index in [1.54, 1.807) is 7.11 Å². The number of esters is 1. The van der Waals surface area contributed by atoms with Crippen LogP contribution in [-0.2, 0) is 16.0 Å². The third-order valence-corrected chi connectivity index (χ3v) is 4.84. The Morgan fingerprint density at radius 3 is 3.00 bits per heavy atom. The Hall–Kier alpha value is -2.05. The summed E-state index contributed by atoms with van der Waals surface area (Å²) in [5, 5.41) is 11.2. The number of H-pyrrole nitrogens is 1. The highest BCUT2D eigenvalue weighted by Gasteiger charge is 2.33. The van der Waals surface area contributed by atoms with Gasteiger partial charge in [-0.2, -0.15) is 0 Å². The van der Waals surface area contributed by atoms with Crippen LogP contribution < -0.4 is 4.74 Å². The molecule has 0 unspecified atom stereocenters. The third kappa shape index (κ3) is 3.39. The molecule has 0 bridgehead atoms. The van der Waals surface area contributed by atoms with E-state index in [1.807, 2.05) is 24.4 Å². The van der Waals surface area contributed by atoms with E-state index < -0.39 is 12.0 Å². The third-order valence-electron chi connectivity index (χ3n) is 4.84. The molecular formula is C18H24N2O4. The van der Waals surface area contributed by atoms with Crippen LogP contribution in [0.1, 0.15) is 12.0 Å². The number of ether oxygens (including phenoxy) is 2. The first-order valence-electron chi connectivity index (χ1n) is 8.24. The van der Waals surface area contributed by atoms with Gasteiger partial charge >= 0.3 is 5.97 Å². The van der Waals surface area contributed by atoms with Crippen molar-refractivity contribution in [2.75, 3.05) is 33.9 Å². The van der Waals surface area contributed by atoms with Gasteiger partial charge in [-0.25, -0.2) is 0 Å². The minimum atomic E-state index is -0.606. The van der Waals surface area contributed by atoms with Crippen molar-refractivity contribution >= 4 is 16.9 Å². The maximum atomic E-state index is 11.8. The van der Waals surface area contributed by atoms with Crippen molar-refractivity contribution in [3.63, 3.8) is 0 Å². The summed E-state index contributed by atoms with van der Waals surface area (Å²) in [5.41, 5.74) is 2.32. The van der Waals surface area contributed by atoms with Gasteiger partial charge in [-0.05, 0) is 36.6 Å². The van der Waals surface area contributed by atoms with Crippen molar-refractivity contribution in [1.29, 1.82) is 0 Å². The molecule has 1 aromatic carbocycles. The average molecular weight is 332 g/mol. The minimum absolute atomic E-state index is 0.330. The highest BCUT2D eigenvalue weighted by molar-refractivity contribution is 5.84. The number of rotatable bonds is 5. The van der Waals surface area contributed by atoms with E-state index in [4.69, 9.17) is 9.47 Å². The fraction of sp³-hybridized carbons (Fsp3) is 0.500. The van der Waals surface area contributed by atoms with E-state index in [2.05, 4.69) is 9.88 Å². The van der Waals surface area contributed by atoms with Crippen molar-refractivity contribution in [2.45, 2.75) is 18.9 Å². The highest BCUT2D eigenvalue weighted by Crippen LogP contribution is 2.25. The molecule has 0 aliphatic carbocycles. The van der Waals surface area contributed by atoms with E-state index in [0.29, 0.717) is 13.0 Å². The van der Waals surface area contributed by atoms with Crippen LogP contribution in [-0.4, -0.2) is 60.9 Å². The SMILES string of the molecule is COC(=O)[C@@H]1CN(CCc2c[nH]c3ccc(OC)cc23)CC[C@@H]1O. The lowest BCUT2D eigenvalue weighted by atomic mass is 9.94. The highest BCUT2D eigenvalue weighted by atomic mass is 16.5. The fourth-order valence-corrected chi connectivity index (χ4v) is 3.36. The Labute approximate surface area is 141 Å². The number of piperidine rings is 1. The molecule has 2 atom stereocenters. The number of carbonyl (C=O) groups is 1. The molecule has 24 heavy (non-hydrogen) atoms. The molecule has 0 amide bonds. The number of carbonyl (C=O) groups excluding carboxylic acids is 1. The molecule has 0 saturated carbocycles. The van der Waals surface area contributed by atoms with Crippen molar-refractivity contribution in [1.82, 2.24) is 9.88 Å². The molecule has 1 fully saturated rings. The molecule has 1 saturated heterocycles. The van der Waals surface area contributed by atoms with Gasteiger partial charge in [0.05, 0.1) is 26.2 Å². The summed E-state index contributed by atoms with van der Waals surface area (Å²) < 4.78 is 10.1. The normalized spacial score (nSPS) is 21.8. The summed E-state index contributed by atoms with van der Waals surface area (Å²) in [4.78, 5) is 17.3. The zero-order chi connectivity index (χ0) is 17.1. The standard InChI is InChI=1S/C18H24N2O4/c1-23-13-3-4-16-14(9-13)12(10-19-16)5-7-20-8-6-17(21)15(11-20)18(22)24-2/h3-4,9-10,15,17,19,21H,5-8,11H2,1-2H3/t15-,17+/m1/s1. The largest absolute Gasteiger partial charge is 0.497 e. The number of nitrogens with zero attached hydrogens (tertiary/aromatic N) is 1. The molecule has 1 aliphatic rings. The van der Waals surface area contributed by atoms with Gasteiger partial charge in [0, 0.05) is 36.7 Å². The van der Waals surface area contributed by atoms with Gasteiger partial charge in [0.15, 0.2) is 0 Å². The lowest BCUT2D eigenvalue weighted by Gasteiger charge is -2.34. The summed E-state index contributed by atoms with van der Waals surface area (Å²) in [5.74, 6) is 0.0612. The van der Waals surface area contributed by atoms with Crippen molar-refractivity contribution in [3.05, 3.63) is 30.0 Å². The molecule has 0 radical (unpaired) electrons. The number of fused-ring (bicyclic) bond motifs is 1. The number of methoxy groups -OCH3 is 2. The van der Waals surface area contributed by atoms with Crippen LogP contribution in [0.3, 0.4) is 0 Å². The zero-order valence-electron chi connectivity index (χ0n) is 14.1. The molecule has 6 nitrogen and oxygen atoms in total. The Morgan fingerprint density at radius 1 is 1.42 bits per heavy atom. The number of nitrogens with one attached hydrogen (secondary N) is 1. The quantitative estimate of drug-likeness (QED) is 0.813. The average Bonchev–Trinajstić information content (AvgIpc) is 3.02. The lowest BCUT2D eigenvalue weighted by molar-refractivity contribution is -0.152. The Kier molecular flexibility index (Phi) is 5.06. The van der Waals surface area contributed by atoms with Crippen LogP contribution >= 0.6 is 0 Å². The fourth-order valence-electron chi connectivity index (χ4n) is 3.36. The van der Waals surface area contributed by atoms with Crippen LogP contribution in [0.2, 0.25) is 0 Å². The van der Waals surface area contributed by atoms with Crippen LogP contribution in [0.5, 0.6) is 5.75 Å². The van der Waals surface area contributed by atoms with Crippen molar-refractivity contribution < 1.29 is 19.4 Å². The number of aliphatic hydroxyl groups is 1. The Bertz CT molecular complexity index is 712. The summed E-state index contributed by atoms with van der Waals surface area (Å²) in [6, 6.07) is 6.00. The lowest BCUT2D eigenvalue weighted by Crippen LogP contribution is -2.47. The summed E-state index contributed by atoms with van der Waals surface area (Å²) >= 11 is 0.